The topological polar surface area (TPSA) is 55.2 Å². The van der Waals surface area contributed by atoms with E-state index in [-0.39, 0.29) is 10.6 Å². The van der Waals surface area contributed by atoms with Gasteiger partial charge in [0.05, 0.1) is 4.92 Å². The first-order chi connectivity index (χ1) is 9.06. The number of nitro benzene ring substituents is 1. The zero-order valence-electron chi connectivity index (χ0n) is 11.1. The molecule has 1 N–H and O–H groups in total. The van der Waals surface area contributed by atoms with E-state index in [0.29, 0.717) is 12.0 Å². The highest BCUT2D eigenvalue weighted by Crippen LogP contribution is 2.43. The van der Waals surface area contributed by atoms with Crippen molar-refractivity contribution in [1.29, 1.82) is 0 Å². The van der Waals surface area contributed by atoms with Crippen LogP contribution in [0.4, 0.5) is 5.69 Å². The van der Waals surface area contributed by atoms with Gasteiger partial charge in [-0.15, -0.1) is 0 Å². The number of halogens is 1. The first kappa shape index (κ1) is 14.5. The predicted octanol–water partition coefficient (Wildman–Crippen LogP) is 4.03. The van der Waals surface area contributed by atoms with Crippen LogP contribution >= 0.6 is 15.9 Å². The Kier molecular flexibility index (Phi) is 4.58. The highest BCUT2D eigenvalue weighted by molar-refractivity contribution is 9.10. The molecule has 0 unspecified atom stereocenters. The SMILES string of the molecule is CCC1(CNCc2cc(Br)ccc2[N+](=O)[O-])CCC1. The van der Waals surface area contributed by atoms with Gasteiger partial charge in [-0.3, -0.25) is 10.1 Å². The van der Waals surface area contributed by atoms with Gasteiger partial charge in [0.15, 0.2) is 0 Å². The summed E-state index contributed by atoms with van der Waals surface area (Å²) in [6.45, 7) is 3.73. The Morgan fingerprint density at radius 2 is 2.21 bits per heavy atom. The van der Waals surface area contributed by atoms with Crippen LogP contribution in [-0.2, 0) is 6.54 Å². The first-order valence-corrected chi connectivity index (χ1v) is 7.49. The third-order valence-corrected chi connectivity index (χ3v) is 4.71. The summed E-state index contributed by atoms with van der Waals surface area (Å²) < 4.78 is 0.878. The summed E-state index contributed by atoms with van der Waals surface area (Å²) in [7, 11) is 0. The van der Waals surface area contributed by atoms with Gasteiger partial charge in [0.2, 0.25) is 0 Å². The zero-order valence-corrected chi connectivity index (χ0v) is 12.7. The maximum atomic E-state index is 11.0. The van der Waals surface area contributed by atoms with Crippen molar-refractivity contribution in [3.63, 3.8) is 0 Å². The van der Waals surface area contributed by atoms with Crippen LogP contribution in [0.2, 0.25) is 0 Å². The molecule has 0 atom stereocenters. The molecule has 0 saturated heterocycles. The van der Waals surface area contributed by atoms with Crippen molar-refractivity contribution >= 4 is 21.6 Å². The third kappa shape index (κ3) is 3.34. The van der Waals surface area contributed by atoms with Crippen molar-refractivity contribution in [2.45, 2.75) is 39.2 Å². The van der Waals surface area contributed by atoms with Crippen LogP contribution in [-0.4, -0.2) is 11.5 Å². The van der Waals surface area contributed by atoms with Crippen LogP contribution in [0.15, 0.2) is 22.7 Å². The number of nitro groups is 1. The van der Waals surface area contributed by atoms with Crippen LogP contribution in [0.25, 0.3) is 0 Å². The second-order valence-electron chi connectivity index (χ2n) is 5.34. The highest BCUT2D eigenvalue weighted by atomic mass is 79.9. The number of nitrogens with zero attached hydrogens (tertiary/aromatic N) is 1. The molecule has 1 aliphatic rings. The summed E-state index contributed by atoms with van der Waals surface area (Å²) in [5.74, 6) is 0. The maximum absolute atomic E-state index is 11.0. The lowest BCUT2D eigenvalue weighted by molar-refractivity contribution is -0.385. The largest absolute Gasteiger partial charge is 0.312 e. The van der Waals surface area contributed by atoms with Gasteiger partial charge < -0.3 is 5.32 Å². The van der Waals surface area contributed by atoms with Crippen LogP contribution in [0.1, 0.15) is 38.2 Å². The van der Waals surface area contributed by atoms with E-state index < -0.39 is 0 Å². The minimum atomic E-state index is -0.317. The zero-order chi connectivity index (χ0) is 13.9. The van der Waals surface area contributed by atoms with E-state index in [2.05, 4.69) is 28.2 Å². The molecule has 0 bridgehead atoms. The van der Waals surface area contributed by atoms with Crippen molar-refractivity contribution in [3.8, 4) is 0 Å². The van der Waals surface area contributed by atoms with E-state index >= 15 is 0 Å². The Hall–Kier alpha value is -0.940. The second kappa shape index (κ2) is 6.01. The van der Waals surface area contributed by atoms with Crippen molar-refractivity contribution in [3.05, 3.63) is 38.3 Å². The molecule has 0 amide bonds. The molecule has 2 rings (SSSR count). The van der Waals surface area contributed by atoms with Gasteiger partial charge in [0.1, 0.15) is 0 Å². The average Bonchev–Trinajstić information content (AvgIpc) is 2.32. The highest BCUT2D eigenvalue weighted by Gasteiger charge is 2.34. The van der Waals surface area contributed by atoms with E-state index in [4.69, 9.17) is 0 Å². The summed E-state index contributed by atoms with van der Waals surface area (Å²) in [6.07, 6.45) is 5.04. The van der Waals surface area contributed by atoms with E-state index in [1.807, 2.05) is 6.07 Å². The average molecular weight is 327 g/mol. The molecule has 4 nitrogen and oxygen atoms in total. The quantitative estimate of drug-likeness (QED) is 0.634. The van der Waals surface area contributed by atoms with Gasteiger partial charge >= 0.3 is 0 Å². The van der Waals surface area contributed by atoms with Gasteiger partial charge in [0.25, 0.3) is 5.69 Å². The molecule has 0 aliphatic heterocycles. The Morgan fingerprint density at radius 3 is 2.74 bits per heavy atom. The Morgan fingerprint density at radius 1 is 1.47 bits per heavy atom. The van der Waals surface area contributed by atoms with Gasteiger partial charge in [-0.1, -0.05) is 29.3 Å². The summed E-state index contributed by atoms with van der Waals surface area (Å²) >= 11 is 3.36. The lowest BCUT2D eigenvalue weighted by atomic mass is 9.67. The molecule has 1 fully saturated rings. The van der Waals surface area contributed by atoms with Crippen molar-refractivity contribution in [2.24, 2.45) is 5.41 Å². The van der Waals surface area contributed by atoms with Gasteiger partial charge in [-0.05, 0) is 36.8 Å². The molecule has 0 spiro atoms. The molecule has 1 saturated carbocycles. The summed E-state index contributed by atoms with van der Waals surface area (Å²) in [5, 5.41) is 14.4. The molecule has 1 aliphatic carbocycles. The Balaban J connectivity index is 1.99. The fraction of sp³-hybridized carbons (Fsp3) is 0.571. The van der Waals surface area contributed by atoms with E-state index in [1.165, 1.54) is 25.7 Å². The van der Waals surface area contributed by atoms with Gasteiger partial charge in [-0.25, -0.2) is 0 Å². The number of nitrogens with one attached hydrogen (secondary N) is 1. The van der Waals surface area contributed by atoms with Crippen LogP contribution in [0, 0.1) is 15.5 Å². The molecule has 0 radical (unpaired) electrons. The lowest BCUT2D eigenvalue weighted by Gasteiger charge is -2.41. The minimum Gasteiger partial charge on any atom is -0.312 e. The predicted molar refractivity (Wildman–Crippen MR) is 79.1 cm³/mol. The molecule has 0 heterocycles. The van der Waals surface area contributed by atoms with Gasteiger partial charge in [-0.2, -0.15) is 0 Å². The number of hydrogen-bond donors (Lipinski definition) is 1. The number of rotatable bonds is 6. The first-order valence-electron chi connectivity index (χ1n) is 6.70. The lowest BCUT2D eigenvalue weighted by Crippen LogP contribution is -2.39. The standard InChI is InChI=1S/C14H19BrN2O2/c1-2-14(6-3-7-14)10-16-9-11-8-12(15)4-5-13(11)17(18)19/h4-5,8,16H,2-3,6-7,9-10H2,1H3. The summed E-state index contributed by atoms with van der Waals surface area (Å²) in [6, 6.07) is 5.09. The fourth-order valence-corrected chi connectivity index (χ4v) is 3.08. The third-order valence-electron chi connectivity index (χ3n) is 4.22. The van der Waals surface area contributed by atoms with Crippen LogP contribution in [0.3, 0.4) is 0 Å². The van der Waals surface area contributed by atoms with Crippen LogP contribution < -0.4 is 5.32 Å². The molecular weight excluding hydrogens is 308 g/mol. The van der Waals surface area contributed by atoms with Crippen molar-refractivity contribution in [2.75, 3.05) is 6.54 Å². The maximum Gasteiger partial charge on any atom is 0.273 e. The van der Waals surface area contributed by atoms with E-state index in [9.17, 15) is 10.1 Å². The smallest absolute Gasteiger partial charge is 0.273 e. The second-order valence-corrected chi connectivity index (χ2v) is 6.26. The molecule has 0 aromatic heterocycles. The van der Waals surface area contributed by atoms with E-state index in [1.54, 1.807) is 12.1 Å². The van der Waals surface area contributed by atoms with Crippen LogP contribution in [0.5, 0.6) is 0 Å². The normalized spacial score (nSPS) is 16.9. The Labute approximate surface area is 121 Å². The van der Waals surface area contributed by atoms with Gasteiger partial charge in [0, 0.05) is 29.2 Å². The molecule has 19 heavy (non-hydrogen) atoms. The molecule has 1 aromatic rings. The summed E-state index contributed by atoms with van der Waals surface area (Å²) in [4.78, 5) is 10.7. The summed E-state index contributed by atoms with van der Waals surface area (Å²) in [5.41, 5.74) is 1.36. The molecule has 104 valence electrons. The van der Waals surface area contributed by atoms with E-state index in [0.717, 1.165) is 16.6 Å². The monoisotopic (exact) mass is 326 g/mol. The molecule has 5 heteroatoms. The molecular formula is C14H19BrN2O2. The minimum absolute atomic E-state index is 0.190. The Bertz CT molecular complexity index is 467. The number of benzene rings is 1. The van der Waals surface area contributed by atoms with Crippen molar-refractivity contribution in [1.82, 2.24) is 5.32 Å². The fourth-order valence-electron chi connectivity index (χ4n) is 2.67. The molecule has 1 aromatic carbocycles. The van der Waals surface area contributed by atoms with Crippen molar-refractivity contribution < 1.29 is 4.92 Å². The number of hydrogen-bond acceptors (Lipinski definition) is 3.